The summed E-state index contributed by atoms with van der Waals surface area (Å²) in [6.07, 6.45) is -4.48. The summed E-state index contributed by atoms with van der Waals surface area (Å²) < 4.78 is 35.6. The maximum absolute atomic E-state index is 11.9. The lowest BCUT2D eigenvalue weighted by Gasteiger charge is -2.16. The lowest BCUT2D eigenvalue weighted by atomic mass is 10.3. The topological polar surface area (TPSA) is 67.2 Å². The molecule has 0 aromatic heterocycles. The highest BCUT2D eigenvalue weighted by Gasteiger charge is 2.36. The van der Waals surface area contributed by atoms with Gasteiger partial charge in [-0.1, -0.05) is 0 Å². The van der Waals surface area contributed by atoms with Crippen LogP contribution in [0.25, 0.3) is 0 Å². The fourth-order valence-electron chi connectivity index (χ4n) is 0.632. The van der Waals surface area contributed by atoms with E-state index in [9.17, 15) is 18.0 Å². The van der Waals surface area contributed by atoms with Gasteiger partial charge >= 0.3 is 12.2 Å². The molecule has 84 valence electrons. The zero-order valence-electron chi connectivity index (χ0n) is 7.98. The quantitative estimate of drug-likeness (QED) is 0.642. The van der Waals surface area contributed by atoms with E-state index in [1.165, 1.54) is 0 Å². The Bertz CT molecular complexity index is 193. The first-order valence-corrected chi connectivity index (χ1v) is 4.10. The van der Waals surface area contributed by atoms with Gasteiger partial charge in [-0.3, -0.25) is 0 Å². The Labute approximate surface area is 80.0 Å². The Balaban J connectivity index is 3.78. The second kappa shape index (κ2) is 5.04. The molecule has 0 heterocycles. The van der Waals surface area contributed by atoms with Crippen molar-refractivity contribution < 1.29 is 18.0 Å². The number of amides is 2. The van der Waals surface area contributed by atoms with E-state index in [2.05, 4.69) is 5.32 Å². The fourth-order valence-corrected chi connectivity index (χ4v) is 0.632. The number of nitrogens with two attached hydrogens (primary N) is 1. The average Bonchev–Trinajstić information content (AvgIpc) is 1.96. The zero-order valence-corrected chi connectivity index (χ0v) is 7.98. The molecule has 1 atom stereocenters. The number of alkyl halides is 3. The average molecular weight is 213 g/mol. The molecule has 4 nitrogen and oxygen atoms in total. The lowest BCUT2D eigenvalue weighted by molar-refractivity contribution is -0.146. The summed E-state index contributed by atoms with van der Waals surface area (Å²) in [6.45, 7) is 2.77. The molecule has 0 saturated heterocycles. The first-order chi connectivity index (χ1) is 6.23. The van der Waals surface area contributed by atoms with Crippen LogP contribution in [0.5, 0.6) is 0 Å². The van der Waals surface area contributed by atoms with Crippen molar-refractivity contribution >= 4 is 6.03 Å². The molecule has 0 rings (SSSR count). The highest BCUT2D eigenvalue weighted by molar-refractivity contribution is 5.74. The van der Waals surface area contributed by atoms with Crippen molar-refractivity contribution in [1.29, 1.82) is 0 Å². The molecule has 0 saturated carbocycles. The van der Waals surface area contributed by atoms with Gasteiger partial charge in [0.15, 0.2) is 0 Å². The molecule has 0 aromatic carbocycles. The van der Waals surface area contributed by atoms with Crippen molar-refractivity contribution in [3.05, 3.63) is 0 Å². The Morgan fingerprint density at radius 1 is 1.43 bits per heavy atom. The standard InChI is InChI=1S/C7H14F3N3O/c1-4(2)13-6(14)12-3-5(11)7(8,9)10/h4-5H,3,11H2,1-2H3,(H2,12,13,14). The van der Waals surface area contributed by atoms with Crippen LogP contribution in [-0.2, 0) is 0 Å². The van der Waals surface area contributed by atoms with E-state index < -0.39 is 24.8 Å². The van der Waals surface area contributed by atoms with Crippen molar-refractivity contribution in [1.82, 2.24) is 10.6 Å². The minimum absolute atomic E-state index is 0.128. The summed E-state index contributed by atoms with van der Waals surface area (Å²) in [5.41, 5.74) is 4.76. The van der Waals surface area contributed by atoms with Gasteiger partial charge in [0.2, 0.25) is 0 Å². The highest BCUT2D eigenvalue weighted by Crippen LogP contribution is 2.17. The summed E-state index contributed by atoms with van der Waals surface area (Å²) in [4.78, 5) is 10.8. The van der Waals surface area contributed by atoms with Crippen LogP contribution in [0.2, 0.25) is 0 Å². The molecule has 0 aliphatic rings. The van der Waals surface area contributed by atoms with Gasteiger partial charge in [-0.25, -0.2) is 4.79 Å². The second-order valence-corrected chi connectivity index (χ2v) is 3.16. The van der Waals surface area contributed by atoms with Crippen molar-refractivity contribution in [3.63, 3.8) is 0 Å². The Morgan fingerprint density at radius 2 is 1.93 bits per heavy atom. The Kier molecular flexibility index (Phi) is 4.69. The van der Waals surface area contributed by atoms with Gasteiger partial charge < -0.3 is 16.4 Å². The zero-order chi connectivity index (χ0) is 11.4. The number of nitrogens with one attached hydrogen (secondary N) is 2. The number of carbonyl (C=O) groups excluding carboxylic acids is 1. The highest BCUT2D eigenvalue weighted by atomic mass is 19.4. The molecule has 0 radical (unpaired) electrons. The number of hydrogen-bond donors (Lipinski definition) is 3. The molecule has 0 aromatic rings. The minimum atomic E-state index is -4.48. The van der Waals surface area contributed by atoms with Crippen LogP contribution in [0, 0.1) is 0 Å². The van der Waals surface area contributed by atoms with E-state index in [1.54, 1.807) is 13.8 Å². The molecule has 0 aliphatic heterocycles. The largest absolute Gasteiger partial charge is 0.405 e. The van der Waals surface area contributed by atoms with Crippen LogP contribution < -0.4 is 16.4 Å². The summed E-state index contributed by atoms with van der Waals surface area (Å²) in [5, 5.41) is 4.40. The van der Waals surface area contributed by atoms with Crippen molar-refractivity contribution in [2.45, 2.75) is 32.1 Å². The van der Waals surface area contributed by atoms with Gasteiger partial charge in [0.05, 0.1) is 0 Å². The molecule has 0 fully saturated rings. The Hall–Kier alpha value is -0.980. The van der Waals surface area contributed by atoms with E-state index in [1.807, 2.05) is 5.32 Å². The van der Waals surface area contributed by atoms with Crippen molar-refractivity contribution in [3.8, 4) is 0 Å². The second-order valence-electron chi connectivity index (χ2n) is 3.16. The first-order valence-electron chi connectivity index (χ1n) is 4.10. The molecule has 1 unspecified atom stereocenters. The first kappa shape index (κ1) is 13.0. The van der Waals surface area contributed by atoms with Crippen LogP contribution in [0.3, 0.4) is 0 Å². The van der Waals surface area contributed by atoms with Crippen LogP contribution in [-0.4, -0.2) is 30.8 Å². The number of hydrogen-bond acceptors (Lipinski definition) is 2. The third-order valence-corrected chi connectivity index (χ3v) is 1.32. The van der Waals surface area contributed by atoms with Crippen molar-refractivity contribution in [2.24, 2.45) is 5.73 Å². The van der Waals surface area contributed by atoms with Gasteiger partial charge in [-0.05, 0) is 13.8 Å². The fraction of sp³-hybridized carbons (Fsp3) is 0.857. The monoisotopic (exact) mass is 213 g/mol. The minimum Gasteiger partial charge on any atom is -0.336 e. The number of carbonyl (C=O) groups is 1. The van der Waals surface area contributed by atoms with E-state index in [-0.39, 0.29) is 6.04 Å². The van der Waals surface area contributed by atoms with E-state index in [0.29, 0.717) is 0 Å². The molecule has 7 heteroatoms. The molecule has 4 N–H and O–H groups in total. The predicted molar refractivity (Wildman–Crippen MR) is 45.7 cm³/mol. The summed E-state index contributed by atoms with van der Waals surface area (Å²) in [5.74, 6) is 0. The van der Waals surface area contributed by atoms with Gasteiger partial charge in [0.25, 0.3) is 0 Å². The smallest absolute Gasteiger partial charge is 0.336 e. The van der Waals surface area contributed by atoms with E-state index >= 15 is 0 Å². The Morgan fingerprint density at radius 3 is 2.29 bits per heavy atom. The molecule has 14 heavy (non-hydrogen) atoms. The SMILES string of the molecule is CC(C)NC(=O)NCC(N)C(F)(F)F. The summed E-state index contributed by atoms with van der Waals surface area (Å²) in [7, 11) is 0. The predicted octanol–water partition coefficient (Wildman–Crippen LogP) is 0.584. The van der Waals surface area contributed by atoms with E-state index in [0.717, 1.165) is 0 Å². The summed E-state index contributed by atoms with van der Waals surface area (Å²) in [6, 6.07) is -2.81. The van der Waals surface area contributed by atoms with Gasteiger partial charge in [0, 0.05) is 12.6 Å². The summed E-state index contributed by atoms with van der Waals surface area (Å²) >= 11 is 0. The number of rotatable bonds is 3. The van der Waals surface area contributed by atoms with Crippen LogP contribution >= 0.6 is 0 Å². The maximum atomic E-state index is 11.9. The third kappa shape index (κ3) is 5.63. The number of urea groups is 1. The third-order valence-electron chi connectivity index (χ3n) is 1.32. The van der Waals surface area contributed by atoms with Crippen LogP contribution in [0.15, 0.2) is 0 Å². The molecule has 2 amide bonds. The van der Waals surface area contributed by atoms with Crippen LogP contribution in [0.1, 0.15) is 13.8 Å². The van der Waals surface area contributed by atoms with E-state index in [4.69, 9.17) is 5.73 Å². The normalized spacial score (nSPS) is 13.9. The molecule has 0 bridgehead atoms. The van der Waals surface area contributed by atoms with Gasteiger partial charge in [0.1, 0.15) is 6.04 Å². The molecule has 0 spiro atoms. The van der Waals surface area contributed by atoms with Crippen molar-refractivity contribution in [2.75, 3.05) is 6.54 Å². The number of halogens is 3. The van der Waals surface area contributed by atoms with Gasteiger partial charge in [-0.15, -0.1) is 0 Å². The molecular formula is C7H14F3N3O. The van der Waals surface area contributed by atoms with Crippen LogP contribution in [0.4, 0.5) is 18.0 Å². The lowest BCUT2D eigenvalue weighted by Crippen LogP contribution is -2.49. The van der Waals surface area contributed by atoms with Gasteiger partial charge in [-0.2, -0.15) is 13.2 Å². The maximum Gasteiger partial charge on any atom is 0.405 e. The molecular weight excluding hydrogens is 199 g/mol. The molecule has 0 aliphatic carbocycles.